The first kappa shape index (κ1) is 20.5. The zero-order valence-corrected chi connectivity index (χ0v) is 16.1. The van der Waals surface area contributed by atoms with Crippen LogP contribution in [0.25, 0.3) is 0 Å². The molecule has 1 amide bonds. The van der Waals surface area contributed by atoms with E-state index in [1.807, 2.05) is 34.9 Å². The number of rotatable bonds is 8. The highest BCUT2D eigenvalue weighted by molar-refractivity contribution is 7.92. The Morgan fingerprint density at radius 2 is 2.11 bits per heavy atom. The lowest BCUT2D eigenvalue weighted by molar-refractivity contribution is -0.671. The number of benzene rings is 1. The number of hydrogen-bond donors (Lipinski definition) is 2. The molecule has 0 fully saturated rings. The predicted octanol–water partition coefficient (Wildman–Crippen LogP) is 1.12. The largest absolute Gasteiger partial charge is 0.494 e. The molecule has 0 spiro atoms. The monoisotopic (exact) mass is 399 g/mol. The zero-order chi connectivity index (χ0) is 20.0. The van der Waals surface area contributed by atoms with Crippen molar-refractivity contribution in [3.63, 3.8) is 0 Å². The zero-order valence-electron chi connectivity index (χ0n) is 15.3. The summed E-state index contributed by atoms with van der Waals surface area (Å²) in [6.45, 7) is 0.499. The molecule has 0 bridgehead atoms. The summed E-state index contributed by atoms with van der Waals surface area (Å²) in [5.41, 5.74) is 0.272. The molecule has 0 unspecified atom stereocenters. The number of nitrogens with one attached hydrogen (secondary N) is 1. The van der Waals surface area contributed by atoms with Crippen LogP contribution in [-0.4, -0.2) is 44.3 Å². The Hall–Kier alpha value is -2.79. The lowest BCUT2D eigenvalue weighted by Crippen LogP contribution is -2.30. The van der Waals surface area contributed by atoms with Crippen LogP contribution in [-0.2, 0) is 28.4 Å². The molecule has 0 aliphatic carbocycles. The first-order valence-corrected chi connectivity index (χ1v) is 9.63. The van der Waals surface area contributed by atoms with Crippen molar-refractivity contribution < 1.29 is 32.5 Å². The number of carbonyl (C=O) groups is 1. The number of methoxy groups -OCH3 is 2. The van der Waals surface area contributed by atoms with Crippen molar-refractivity contribution in [3.8, 4) is 5.75 Å². The summed E-state index contributed by atoms with van der Waals surface area (Å²) in [5, 5.41) is 12.6. The van der Waals surface area contributed by atoms with Crippen LogP contribution in [0.4, 0.5) is 16.2 Å². The number of aromatic nitrogens is 2. The second-order valence-electron chi connectivity index (χ2n) is 5.73. The van der Waals surface area contributed by atoms with E-state index in [0.29, 0.717) is 13.0 Å². The number of sulfonamides is 1. The third kappa shape index (κ3) is 5.34. The Bertz CT molecular complexity index is 896. The van der Waals surface area contributed by atoms with Crippen molar-refractivity contribution in [1.29, 1.82) is 0 Å². The Labute approximate surface area is 157 Å². The van der Waals surface area contributed by atoms with E-state index >= 15 is 0 Å². The van der Waals surface area contributed by atoms with Crippen molar-refractivity contribution in [2.45, 2.75) is 13.0 Å². The number of hydrogen-bond acceptors (Lipinski definition) is 6. The Balaban J connectivity index is 2.07. The number of nitrogens with zero attached hydrogens (tertiary/aromatic N) is 3. The SMILES string of the molecule is COC(=O)Nc1ccc(N(O)S(=O)(=O)CCCn2cc[n+](C)c2)cc1OC. The number of carbonyl (C=O) groups excluding carboxylic acids is 1. The average molecular weight is 399 g/mol. The molecule has 2 N–H and O–H groups in total. The quantitative estimate of drug-likeness (QED) is 0.508. The van der Waals surface area contributed by atoms with Crippen LogP contribution in [0.15, 0.2) is 36.9 Å². The van der Waals surface area contributed by atoms with Gasteiger partial charge in [-0.3, -0.25) is 10.5 Å². The molecule has 10 nitrogen and oxygen atoms in total. The summed E-state index contributed by atoms with van der Waals surface area (Å²) in [7, 11) is 0.499. The number of amides is 1. The van der Waals surface area contributed by atoms with E-state index in [9.17, 15) is 18.4 Å². The maximum absolute atomic E-state index is 12.4. The Morgan fingerprint density at radius 3 is 2.70 bits per heavy atom. The minimum absolute atomic E-state index is 0.00497. The third-order valence-corrected chi connectivity index (χ3v) is 5.28. The number of ether oxygens (including phenoxy) is 2. The van der Waals surface area contributed by atoms with Gasteiger partial charge in [-0.2, -0.15) is 0 Å². The minimum atomic E-state index is -3.94. The first-order valence-electron chi connectivity index (χ1n) is 8.02. The highest BCUT2D eigenvalue weighted by Crippen LogP contribution is 2.30. The molecule has 2 rings (SSSR count). The van der Waals surface area contributed by atoms with Gasteiger partial charge >= 0.3 is 6.09 Å². The van der Waals surface area contributed by atoms with Crippen LogP contribution in [0.2, 0.25) is 0 Å². The number of imidazole rings is 1. The topological polar surface area (TPSA) is 114 Å². The number of anilines is 2. The van der Waals surface area contributed by atoms with Crippen molar-refractivity contribution in [1.82, 2.24) is 4.57 Å². The second-order valence-corrected chi connectivity index (χ2v) is 7.65. The van der Waals surface area contributed by atoms with Crippen molar-refractivity contribution in [3.05, 3.63) is 36.9 Å². The maximum atomic E-state index is 12.4. The van der Waals surface area contributed by atoms with Gasteiger partial charge in [-0.15, -0.1) is 4.47 Å². The van der Waals surface area contributed by atoms with Gasteiger partial charge in [0, 0.05) is 12.5 Å². The summed E-state index contributed by atoms with van der Waals surface area (Å²) in [5.74, 6) is -0.0671. The summed E-state index contributed by atoms with van der Waals surface area (Å²) in [4.78, 5) is 11.3. The van der Waals surface area contributed by atoms with Gasteiger partial charge in [0.1, 0.15) is 18.1 Å². The van der Waals surface area contributed by atoms with E-state index in [2.05, 4.69) is 10.1 Å². The molecule has 1 aromatic carbocycles. The number of aryl methyl sites for hydroxylation is 2. The van der Waals surface area contributed by atoms with E-state index in [1.165, 1.54) is 32.4 Å². The molecule has 0 radical (unpaired) electrons. The van der Waals surface area contributed by atoms with E-state index < -0.39 is 16.1 Å². The Morgan fingerprint density at radius 1 is 1.37 bits per heavy atom. The van der Waals surface area contributed by atoms with Crippen molar-refractivity contribution >= 4 is 27.5 Å². The van der Waals surface area contributed by atoms with Crippen LogP contribution in [0.1, 0.15) is 6.42 Å². The van der Waals surface area contributed by atoms with Gasteiger partial charge in [-0.1, -0.05) is 0 Å². The molecule has 2 aromatic rings. The van der Waals surface area contributed by atoms with Crippen molar-refractivity contribution in [2.75, 3.05) is 29.8 Å². The summed E-state index contributed by atoms with van der Waals surface area (Å²) in [6.07, 6.45) is 5.14. The molecule has 0 aliphatic rings. The summed E-state index contributed by atoms with van der Waals surface area (Å²) < 4.78 is 38.3. The highest BCUT2D eigenvalue weighted by atomic mass is 32.2. The average Bonchev–Trinajstić information content (AvgIpc) is 3.06. The third-order valence-electron chi connectivity index (χ3n) is 3.73. The van der Waals surface area contributed by atoms with Gasteiger partial charge < -0.3 is 9.47 Å². The van der Waals surface area contributed by atoms with Crippen LogP contribution in [0.5, 0.6) is 5.75 Å². The smallest absolute Gasteiger partial charge is 0.411 e. The molecule has 0 saturated heterocycles. The van der Waals surface area contributed by atoms with E-state index in [1.54, 1.807) is 0 Å². The minimum Gasteiger partial charge on any atom is -0.494 e. The van der Waals surface area contributed by atoms with Crippen LogP contribution < -0.4 is 19.1 Å². The van der Waals surface area contributed by atoms with Gasteiger partial charge in [0.2, 0.25) is 6.33 Å². The van der Waals surface area contributed by atoms with Gasteiger partial charge in [0.05, 0.1) is 44.9 Å². The second kappa shape index (κ2) is 8.73. The van der Waals surface area contributed by atoms with E-state index in [0.717, 1.165) is 0 Å². The lowest BCUT2D eigenvalue weighted by Gasteiger charge is -2.18. The Kier molecular flexibility index (Phi) is 6.64. The van der Waals surface area contributed by atoms with Gasteiger partial charge in [-0.05, 0) is 12.1 Å². The first-order chi connectivity index (χ1) is 12.8. The molecule has 148 valence electrons. The van der Waals surface area contributed by atoms with E-state index in [4.69, 9.17) is 4.74 Å². The fourth-order valence-electron chi connectivity index (χ4n) is 2.37. The molecule has 27 heavy (non-hydrogen) atoms. The van der Waals surface area contributed by atoms with Gasteiger partial charge in [-0.25, -0.2) is 22.3 Å². The van der Waals surface area contributed by atoms with Gasteiger partial charge in [0.15, 0.2) is 0 Å². The van der Waals surface area contributed by atoms with Crippen LogP contribution in [0, 0.1) is 0 Å². The fourth-order valence-corrected chi connectivity index (χ4v) is 3.48. The van der Waals surface area contributed by atoms with Crippen molar-refractivity contribution in [2.24, 2.45) is 7.05 Å². The highest BCUT2D eigenvalue weighted by Gasteiger charge is 2.22. The normalized spacial score (nSPS) is 11.1. The van der Waals surface area contributed by atoms with E-state index in [-0.39, 0.29) is 27.3 Å². The molecule has 11 heteroatoms. The van der Waals surface area contributed by atoms with Crippen LogP contribution >= 0.6 is 0 Å². The molecule has 0 saturated carbocycles. The van der Waals surface area contributed by atoms with Gasteiger partial charge in [0.25, 0.3) is 10.0 Å². The molecular weight excluding hydrogens is 376 g/mol. The molecule has 1 heterocycles. The lowest BCUT2D eigenvalue weighted by atomic mass is 10.2. The fraction of sp³-hybridized carbons (Fsp3) is 0.375. The summed E-state index contributed by atoms with van der Waals surface area (Å²) in [6, 6.07) is 4.05. The molecule has 1 aromatic heterocycles. The molecule has 0 aliphatic heterocycles. The maximum Gasteiger partial charge on any atom is 0.411 e. The van der Waals surface area contributed by atoms with Crippen LogP contribution in [0.3, 0.4) is 0 Å². The predicted molar refractivity (Wildman–Crippen MR) is 97.3 cm³/mol. The standard InChI is InChI=1S/C16H22N4O6S/c1-18-8-9-19(12-18)7-4-10-27(23,24)20(22)13-5-6-14(15(11-13)25-2)17-16(21)26-3/h5-6,8-9,11-12,22H,4,7,10H2,1-3H3/p+1. The molecular formula is C16H23N4O6S+. The molecule has 0 atom stereocenters. The summed E-state index contributed by atoms with van der Waals surface area (Å²) >= 11 is 0.